The van der Waals surface area contributed by atoms with Crippen molar-refractivity contribution in [3.63, 3.8) is 0 Å². The van der Waals surface area contributed by atoms with Gasteiger partial charge in [-0.05, 0) is 55.7 Å². The molecule has 2 nitrogen and oxygen atoms in total. The fourth-order valence-electron chi connectivity index (χ4n) is 3.76. The first-order valence-corrected chi connectivity index (χ1v) is 7.79. The molecule has 0 amide bonds. The number of aromatic hydroxyl groups is 1. The Morgan fingerprint density at radius 3 is 2.53 bits per heavy atom. The average molecular weight is 280 g/mol. The molecule has 0 heterocycles. The van der Waals surface area contributed by atoms with Crippen LogP contribution in [0.4, 0.5) is 0 Å². The van der Waals surface area contributed by atoms with Gasteiger partial charge < -0.3 is 10.8 Å². The number of hydrogen-bond donors (Lipinski definition) is 2. The molecular formula is C16H22ClNO. The molecule has 1 aromatic rings. The van der Waals surface area contributed by atoms with Crippen LogP contribution < -0.4 is 5.73 Å². The van der Waals surface area contributed by atoms with E-state index in [0.29, 0.717) is 17.3 Å². The highest BCUT2D eigenvalue weighted by atomic mass is 35.5. The SMILES string of the molecule is NCC1(c2c(O)c(Cl)cc3c2CCCCC3)CCC1. The highest BCUT2D eigenvalue weighted by Gasteiger charge is 2.42. The summed E-state index contributed by atoms with van der Waals surface area (Å²) in [5, 5.41) is 11.0. The van der Waals surface area contributed by atoms with E-state index in [2.05, 4.69) is 0 Å². The van der Waals surface area contributed by atoms with Crippen molar-refractivity contribution in [2.75, 3.05) is 6.54 Å². The number of rotatable bonds is 2. The molecule has 0 saturated heterocycles. The molecule has 3 rings (SSSR count). The Balaban J connectivity index is 2.18. The second-order valence-electron chi connectivity index (χ2n) is 6.12. The number of fused-ring (bicyclic) bond motifs is 1. The van der Waals surface area contributed by atoms with Gasteiger partial charge in [0, 0.05) is 17.5 Å². The largest absolute Gasteiger partial charge is 0.506 e. The van der Waals surface area contributed by atoms with Gasteiger partial charge in [0.25, 0.3) is 0 Å². The number of aryl methyl sites for hydroxylation is 1. The van der Waals surface area contributed by atoms with Crippen LogP contribution in [-0.2, 0) is 18.3 Å². The lowest BCUT2D eigenvalue weighted by molar-refractivity contribution is 0.243. The van der Waals surface area contributed by atoms with Crippen LogP contribution in [-0.4, -0.2) is 11.7 Å². The number of benzene rings is 1. The first kappa shape index (κ1) is 13.3. The zero-order valence-electron chi connectivity index (χ0n) is 11.3. The maximum absolute atomic E-state index is 10.5. The second kappa shape index (κ2) is 4.99. The van der Waals surface area contributed by atoms with E-state index in [1.165, 1.54) is 36.8 Å². The highest BCUT2D eigenvalue weighted by molar-refractivity contribution is 6.32. The van der Waals surface area contributed by atoms with E-state index in [-0.39, 0.29) is 5.41 Å². The van der Waals surface area contributed by atoms with Crippen LogP contribution in [0.15, 0.2) is 6.07 Å². The zero-order chi connectivity index (χ0) is 13.5. The smallest absolute Gasteiger partial charge is 0.138 e. The molecule has 1 fully saturated rings. The van der Waals surface area contributed by atoms with Crippen molar-refractivity contribution in [3.8, 4) is 5.75 Å². The van der Waals surface area contributed by atoms with Crippen LogP contribution in [0.1, 0.15) is 55.2 Å². The molecule has 0 bridgehead atoms. The van der Waals surface area contributed by atoms with Crippen molar-refractivity contribution in [2.24, 2.45) is 5.73 Å². The number of phenolic OH excluding ortho intramolecular Hbond substituents is 1. The third-order valence-corrected chi connectivity index (χ3v) is 5.35. The van der Waals surface area contributed by atoms with Crippen LogP contribution in [0.25, 0.3) is 0 Å². The summed E-state index contributed by atoms with van der Waals surface area (Å²) in [6, 6.07) is 1.98. The zero-order valence-corrected chi connectivity index (χ0v) is 12.1. The summed E-state index contributed by atoms with van der Waals surface area (Å²) in [6.07, 6.45) is 9.23. The second-order valence-corrected chi connectivity index (χ2v) is 6.53. The molecule has 0 aromatic heterocycles. The standard InChI is InChI=1S/C16H22ClNO/c17-13-9-11-5-2-1-3-6-12(11)14(15(13)19)16(10-18)7-4-8-16/h9,19H,1-8,10,18H2. The number of halogens is 1. The van der Waals surface area contributed by atoms with Gasteiger partial charge in [0.05, 0.1) is 5.02 Å². The summed E-state index contributed by atoms with van der Waals surface area (Å²) in [6.45, 7) is 0.618. The van der Waals surface area contributed by atoms with Crippen LogP contribution >= 0.6 is 11.6 Å². The summed E-state index contributed by atoms with van der Waals surface area (Å²) in [5.41, 5.74) is 9.81. The molecule has 3 heteroatoms. The molecule has 3 N–H and O–H groups in total. The van der Waals surface area contributed by atoms with Gasteiger partial charge in [-0.2, -0.15) is 0 Å². The van der Waals surface area contributed by atoms with Crippen molar-refractivity contribution in [2.45, 2.75) is 56.8 Å². The Morgan fingerprint density at radius 2 is 1.89 bits per heavy atom. The Kier molecular flexibility index (Phi) is 3.48. The third-order valence-electron chi connectivity index (χ3n) is 5.06. The number of phenols is 1. The normalized spacial score (nSPS) is 21.4. The lowest BCUT2D eigenvalue weighted by Gasteiger charge is -2.43. The summed E-state index contributed by atoms with van der Waals surface area (Å²) in [5.74, 6) is 0.299. The van der Waals surface area contributed by atoms with E-state index in [4.69, 9.17) is 17.3 Å². The Morgan fingerprint density at radius 1 is 1.16 bits per heavy atom. The van der Waals surface area contributed by atoms with E-state index in [1.54, 1.807) is 0 Å². The monoisotopic (exact) mass is 279 g/mol. The van der Waals surface area contributed by atoms with Crippen molar-refractivity contribution in [1.29, 1.82) is 0 Å². The van der Waals surface area contributed by atoms with Gasteiger partial charge in [-0.3, -0.25) is 0 Å². The Labute approximate surface area is 120 Å². The molecule has 19 heavy (non-hydrogen) atoms. The summed E-state index contributed by atoms with van der Waals surface area (Å²) in [7, 11) is 0. The predicted octanol–water partition coefficient (Wildman–Crippen LogP) is 3.69. The molecule has 1 aromatic carbocycles. The molecule has 0 atom stereocenters. The first-order chi connectivity index (χ1) is 9.18. The fraction of sp³-hybridized carbons (Fsp3) is 0.625. The van der Waals surface area contributed by atoms with E-state index in [1.807, 2.05) is 6.07 Å². The van der Waals surface area contributed by atoms with Crippen molar-refractivity contribution in [3.05, 3.63) is 27.8 Å². The quantitative estimate of drug-likeness (QED) is 0.811. The van der Waals surface area contributed by atoms with Crippen LogP contribution in [0.3, 0.4) is 0 Å². The highest BCUT2D eigenvalue weighted by Crippen LogP contribution is 2.51. The predicted molar refractivity (Wildman–Crippen MR) is 79.0 cm³/mol. The first-order valence-electron chi connectivity index (χ1n) is 7.42. The van der Waals surface area contributed by atoms with Gasteiger partial charge in [-0.15, -0.1) is 0 Å². The van der Waals surface area contributed by atoms with Gasteiger partial charge in [0.15, 0.2) is 0 Å². The van der Waals surface area contributed by atoms with E-state index in [0.717, 1.165) is 31.2 Å². The molecule has 2 aliphatic carbocycles. The molecule has 104 valence electrons. The minimum Gasteiger partial charge on any atom is -0.506 e. The van der Waals surface area contributed by atoms with Gasteiger partial charge in [0.2, 0.25) is 0 Å². The third kappa shape index (κ3) is 2.05. The lowest BCUT2D eigenvalue weighted by Crippen LogP contribution is -2.42. The maximum Gasteiger partial charge on any atom is 0.138 e. The summed E-state index contributed by atoms with van der Waals surface area (Å²) >= 11 is 6.26. The average Bonchev–Trinajstić information content (AvgIpc) is 2.58. The van der Waals surface area contributed by atoms with E-state index < -0.39 is 0 Å². The van der Waals surface area contributed by atoms with Gasteiger partial charge in [0.1, 0.15) is 5.75 Å². The Hall–Kier alpha value is -0.730. The summed E-state index contributed by atoms with van der Waals surface area (Å²) in [4.78, 5) is 0. The topological polar surface area (TPSA) is 46.2 Å². The van der Waals surface area contributed by atoms with Gasteiger partial charge in [-0.1, -0.05) is 24.4 Å². The molecular weight excluding hydrogens is 258 g/mol. The molecule has 2 aliphatic rings. The fourth-order valence-corrected chi connectivity index (χ4v) is 3.99. The molecule has 0 aliphatic heterocycles. The van der Waals surface area contributed by atoms with Gasteiger partial charge in [-0.25, -0.2) is 0 Å². The van der Waals surface area contributed by atoms with E-state index >= 15 is 0 Å². The Bertz CT molecular complexity index is 489. The van der Waals surface area contributed by atoms with E-state index in [9.17, 15) is 5.11 Å². The number of hydrogen-bond acceptors (Lipinski definition) is 2. The van der Waals surface area contributed by atoms with Crippen molar-refractivity contribution < 1.29 is 5.11 Å². The van der Waals surface area contributed by atoms with Gasteiger partial charge >= 0.3 is 0 Å². The molecule has 0 radical (unpaired) electrons. The minimum absolute atomic E-state index is 0.0105. The molecule has 0 spiro atoms. The lowest BCUT2D eigenvalue weighted by atomic mass is 9.62. The van der Waals surface area contributed by atoms with Crippen molar-refractivity contribution >= 4 is 11.6 Å². The molecule has 0 unspecified atom stereocenters. The van der Waals surface area contributed by atoms with Crippen LogP contribution in [0.5, 0.6) is 5.75 Å². The van der Waals surface area contributed by atoms with Crippen LogP contribution in [0, 0.1) is 0 Å². The molecule has 1 saturated carbocycles. The minimum atomic E-state index is -0.0105. The summed E-state index contributed by atoms with van der Waals surface area (Å²) < 4.78 is 0. The van der Waals surface area contributed by atoms with Crippen LogP contribution in [0.2, 0.25) is 5.02 Å². The van der Waals surface area contributed by atoms with Crippen molar-refractivity contribution in [1.82, 2.24) is 0 Å². The maximum atomic E-state index is 10.5. The number of nitrogens with two attached hydrogens (primary N) is 1.